The summed E-state index contributed by atoms with van der Waals surface area (Å²) in [4.78, 5) is 30.2. The minimum absolute atomic E-state index is 0.0236. The van der Waals surface area contributed by atoms with Crippen molar-refractivity contribution in [1.82, 2.24) is 5.48 Å². The van der Waals surface area contributed by atoms with Crippen LogP contribution in [0.15, 0.2) is 29.2 Å². The molecule has 0 saturated heterocycles. The maximum absolute atomic E-state index is 11.8. The van der Waals surface area contributed by atoms with Crippen LogP contribution >= 0.6 is 11.8 Å². The minimum Gasteiger partial charge on any atom is -0.301 e. The van der Waals surface area contributed by atoms with Crippen LogP contribution in [0.5, 0.6) is 0 Å². The maximum atomic E-state index is 11.8. The predicted octanol–water partition coefficient (Wildman–Crippen LogP) is 0.803. The number of nitrogens with one attached hydrogen (secondary N) is 1. The largest absolute Gasteiger partial charge is 0.301 e. The van der Waals surface area contributed by atoms with E-state index in [9.17, 15) is 9.59 Å². The Morgan fingerprint density at radius 1 is 1.53 bits per heavy atom. The van der Waals surface area contributed by atoms with Gasteiger partial charge in [0.05, 0.1) is 18.6 Å². The Morgan fingerprint density at radius 2 is 2.29 bits per heavy atom. The zero-order valence-corrected chi connectivity index (χ0v) is 10.1. The van der Waals surface area contributed by atoms with Gasteiger partial charge in [0.15, 0.2) is 0 Å². The molecular formula is C11H12N2O3S. The summed E-state index contributed by atoms with van der Waals surface area (Å²) in [5.41, 5.74) is 2.98. The van der Waals surface area contributed by atoms with Gasteiger partial charge in [-0.05, 0) is 12.1 Å². The van der Waals surface area contributed by atoms with Gasteiger partial charge in [-0.1, -0.05) is 12.1 Å². The number of carbonyl (C=O) groups is 2. The number of hydrogen-bond donors (Lipinski definition) is 1. The molecule has 0 aliphatic carbocycles. The van der Waals surface area contributed by atoms with Crippen molar-refractivity contribution in [2.45, 2.75) is 4.90 Å². The van der Waals surface area contributed by atoms with Crippen molar-refractivity contribution >= 4 is 29.3 Å². The highest BCUT2D eigenvalue weighted by Crippen LogP contribution is 2.34. The summed E-state index contributed by atoms with van der Waals surface area (Å²) in [5, 5.41) is 0. The molecule has 0 bridgehead atoms. The van der Waals surface area contributed by atoms with E-state index in [0.717, 1.165) is 10.6 Å². The Bertz CT molecular complexity index is 450. The lowest BCUT2D eigenvalue weighted by Crippen LogP contribution is -2.43. The smallest absolute Gasteiger partial charge is 0.263 e. The molecule has 6 heteroatoms. The van der Waals surface area contributed by atoms with Crippen LogP contribution in [-0.2, 0) is 14.4 Å². The normalized spacial score (nSPS) is 14.4. The van der Waals surface area contributed by atoms with Crippen molar-refractivity contribution in [2.75, 3.05) is 24.3 Å². The number of para-hydroxylation sites is 1. The first-order valence-corrected chi connectivity index (χ1v) is 6.05. The molecule has 1 aliphatic rings. The fraction of sp³-hybridized carbons (Fsp3) is 0.273. The topological polar surface area (TPSA) is 58.6 Å². The number of thioether (sulfide) groups is 1. The van der Waals surface area contributed by atoms with Gasteiger partial charge in [0.25, 0.3) is 5.91 Å². The molecule has 2 amide bonds. The Balaban J connectivity index is 2.21. The van der Waals surface area contributed by atoms with Crippen LogP contribution in [0.3, 0.4) is 0 Å². The van der Waals surface area contributed by atoms with Gasteiger partial charge in [-0.2, -0.15) is 0 Å². The Labute approximate surface area is 103 Å². The Hall–Kier alpha value is -1.53. The highest BCUT2D eigenvalue weighted by Gasteiger charge is 2.25. The number of nitrogens with zero attached hydrogens (tertiary/aromatic N) is 1. The number of fused-ring (bicyclic) bond motifs is 1. The number of hydroxylamine groups is 1. The molecule has 1 heterocycles. The van der Waals surface area contributed by atoms with Crippen molar-refractivity contribution in [3.63, 3.8) is 0 Å². The van der Waals surface area contributed by atoms with Crippen LogP contribution in [0.1, 0.15) is 0 Å². The molecule has 0 unspecified atom stereocenters. The third-order valence-corrected chi connectivity index (χ3v) is 3.37. The molecule has 0 aromatic heterocycles. The van der Waals surface area contributed by atoms with Gasteiger partial charge in [-0.15, -0.1) is 11.8 Å². The standard InChI is InChI=1S/C11H12N2O3S/c1-16-12-10(14)6-13-8-4-2-3-5-9(8)17-7-11(13)15/h2-5H,6-7H2,1H3,(H,12,14). The third-order valence-electron chi connectivity index (χ3n) is 2.33. The zero-order valence-electron chi connectivity index (χ0n) is 9.30. The summed E-state index contributed by atoms with van der Waals surface area (Å²) in [6.45, 7) is -0.0236. The Morgan fingerprint density at radius 3 is 3.06 bits per heavy atom. The van der Waals surface area contributed by atoms with Crippen LogP contribution in [0, 0.1) is 0 Å². The summed E-state index contributed by atoms with van der Waals surface area (Å²) in [6.07, 6.45) is 0. The zero-order chi connectivity index (χ0) is 12.3. The van der Waals surface area contributed by atoms with E-state index < -0.39 is 0 Å². The van der Waals surface area contributed by atoms with Crippen LogP contribution in [-0.4, -0.2) is 31.2 Å². The lowest BCUT2D eigenvalue weighted by molar-refractivity contribution is -0.131. The Kier molecular flexibility index (Phi) is 3.65. The number of amides is 2. The van der Waals surface area contributed by atoms with Gasteiger partial charge in [-0.25, -0.2) is 5.48 Å². The van der Waals surface area contributed by atoms with E-state index in [1.807, 2.05) is 24.3 Å². The number of anilines is 1. The van der Waals surface area contributed by atoms with Crippen LogP contribution in [0.4, 0.5) is 5.69 Å². The molecule has 1 aromatic rings. The van der Waals surface area contributed by atoms with Gasteiger partial charge in [-0.3, -0.25) is 14.4 Å². The highest BCUT2D eigenvalue weighted by atomic mass is 32.2. The van der Waals surface area contributed by atoms with Crippen molar-refractivity contribution in [3.05, 3.63) is 24.3 Å². The number of benzene rings is 1. The minimum atomic E-state index is -0.345. The average Bonchev–Trinajstić information content (AvgIpc) is 2.33. The molecule has 1 N–H and O–H groups in total. The van der Waals surface area contributed by atoms with E-state index >= 15 is 0 Å². The molecule has 0 atom stereocenters. The first kappa shape index (κ1) is 11.9. The van der Waals surface area contributed by atoms with E-state index in [1.54, 1.807) is 0 Å². The van der Waals surface area contributed by atoms with E-state index in [1.165, 1.54) is 23.8 Å². The maximum Gasteiger partial charge on any atom is 0.263 e. The molecule has 2 rings (SSSR count). The SMILES string of the molecule is CONC(=O)CN1C(=O)CSc2ccccc21. The molecule has 1 aliphatic heterocycles. The van der Waals surface area contributed by atoms with E-state index in [-0.39, 0.29) is 18.4 Å². The van der Waals surface area contributed by atoms with Crippen molar-refractivity contribution < 1.29 is 14.4 Å². The first-order valence-electron chi connectivity index (χ1n) is 5.06. The van der Waals surface area contributed by atoms with Gasteiger partial charge in [0.1, 0.15) is 6.54 Å². The van der Waals surface area contributed by atoms with Gasteiger partial charge >= 0.3 is 0 Å². The lowest BCUT2D eigenvalue weighted by Gasteiger charge is -2.28. The monoisotopic (exact) mass is 252 g/mol. The van der Waals surface area contributed by atoms with Crippen LogP contribution in [0.2, 0.25) is 0 Å². The fourth-order valence-electron chi connectivity index (χ4n) is 1.62. The summed E-state index contributed by atoms with van der Waals surface area (Å²) >= 11 is 1.49. The van der Waals surface area contributed by atoms with E-state index in [0.29, 0.717) is 5.75 Å². The molecule has 0 saturated carbocycles. The first-order chi connectivity index (χ1) is 8.22. The predicted molar refractivity (Wildman–Crippen MR) is 64.7 cm³/mol. The van der Waals surface area contributed by atoms with E-state index in [4.69, 9.17) is 0 Å². The summed E-state index contributed by atoms with van der Waals surface area (Å²) in [5.74, 6) is -0.0559. The lowest BCUT2D eigenvalue weighted by atomic mass is 10.2. The van der Waals surface area contributed by atoms with Crippen molar-refractivity contribution in [1.29, 1.82) is 0 Å². The molecule has 0 radical (unpaired) electrons. The second kappa shape index (κ2) is 5.20. The molecule has 0 fully saturated rings. The van der Waals surface area contributed by atoms with Gasteiger partial charge in [0, 0.05) is 4.90 Å². The summed E-state index contributed by atoms with van der Waals surface area (Å²) < 4.78 is 0. The molecule has 1 aromatic carbocycles. The second-order valence-corrected chi connectivity index (χ2v) is 4.48. The summed E-state index contributed by atoms with van der Waals surface area (Å²) in [6, 6.07) is 7.53. The van der Waals surface area contributed by atoms with Crippen molar-refractivity contribution in [3.8, 4) is 0 Å². The summed E-state index contributed by atoms with van der Waals surface area (Å²) in [7, 11) is 1.36. The number of rotatable bonds is 3. The molecule has 90 valence electrons. The quantitative estimate of drug-likeness (QED) is 0.809. The number of hydrogen-bond acceptors (Lipinski definition) is 4. The third kappa shape index (κ3) is 2.59. The number of carbonyl (C=O) groups excluding carboxylic acids is 2. The van der Waals surface area contributed by atoms with Gasteiger partial charge in [0.2, 0.25) is 5.91 Å². The second-order valence-electron chi connectivity index (χ2n) is 3.47. The molecule has 0 spiro atoms. The van der Waals surface area contributed by atoms with Crippen LogP contribution in [0.25, 0.3) is 0 Å². The molecule has 17 heavy (non-hydrogen) atoms. The van der Waals surface area contributed by atoms with E-state index in [2.05, 4.69) is 10.3 Å². The molecule has 5 nitrogen and oxygen atoms in total. The van der Waals surface area contributed by atoms with Crippen molar-refractivity contribution in [2.24, 2.45) is 0 Å². The van der Waals surface area contributed by atoms with Gasteiger partial charge < -0.3 is 4.90 Å². The van der Waals surface area contributed by atoms with Crippen LogP contribution < -0.4 is 10.4 Å². The highest BCUT2D eigenvalue weighted by molar-refractivity contribution is 8.00. The average molecular weight is 252 g/mol. The molecular weight excluding hydrogens is 240 g/mol. The fourth-order valence-corrected chi connectivity index (χ4v) is 2.55.